The number of pyridine rings is 1. The first kappa shape index (κ1) is 23.7. The summed E-state index contributed by atoms with van der Waals surface area (Å²) in [6.45, 7) is -1.01. The van der Waals surface area contributed by atoms with E-state index in [1.165, 1.54) is 12.1 Å². The highest BCUT2D eigenvalue weighted by atomic mass is 19.1. The van der Waals surface area contributed by atoms with Crippen molar-refractivity contribution in [1.29, 1.82) is 0 Å². The molecule has 11 heteroatoms. The van der Waals surface area contributed by atoms with E-state index < -0.39 is 30.7 Å². The maximum absolute atomic E-state index is 13.7. The second kappa shape index (κ2) is 9.92. The topological polar surface area (TPSA) is 90.8 Å². The maximum Gasteiger partial charge on any atom is 0.332 e. The van der Waals surface area contributed by atoms with Crippen LogP contribution in [0.2, 0.25) is 0 Å². The number of piperidine rings is 1. The number of carbonyl (C=O) groups is 1. The highest BCUT2D eigenvalue weighted by Gasteiger charge is 2.25. The van der Waals surface area contributed by atoms with Crippen LogP contribution < -0.4 is 16.0 Å². The molecule has 1 aromatic carbocycles. The van der Waals surface area contributed by atoms with Crippen LogP contribution in [0, 0.1) is 0 Å². The number of halogens is 2. The van der Waals surface area contributed by atoms with Crippen LogP contribution >= 0.6 is 0 Å². The molecule has 1 fully saturated rings. The quantitative estimate of drug-likeness (QED) is 0.349. The van der Waals surface area contributed by atoms with Crippen molar-refractivity contribution in [2.45, 2.75) is 31.5 Å². The molecule has 4 aromatic rings. The number of ether oxygens (including phenoxy) is 1. The number of aromatic nitrogens is 4. The molecule has 0 N–H and O–H groups in total. The molecule has 0 aliphatic carbocycles. The summed E-state index contributed by atoms with van der Waals surface area (Å²) in [5.74, 6) is 0.145. The van der Waals surface area contributed by atoms with Crippen molar-refractivity contribution in [2.75, 3.05) is 26.4 Å². The lowest BCUT2D eigenvalue weighted by Gasteiger charge is -2.31. The molecule has 1 aliphatic heterocycles. The van der Waals surface area contributed by atoms with E-state index in [4.69, 9.17) is 4.74 Å². The summed E-state index contributed by atoms with van der Waals surface area (Å²) in [6, 6.07) is 7.90. The first-order chi connectivity index (χ1) is 17.5. The summed E-state index contributed by atoms with van der Waals surface area (Å²) in [4.78, 5) is 44.3. The molecular formula is C25H25F2N5O4. The normalized spacial score (nSPS) is 14.7. The molecule has 0 saturated carbocycles. The van der Waals surface area contributed by atoms with Gasteiger partial charge in [0.25, 0.3) is 5.56 Å². The van der Waals surface area contributed by atoms with Gasteiger partial charge in [-0.3, -0.25) is 18.7 Å². The SMILES string of the molecule is O=CN1CCC(n2c(=O)n(Cc3ccn4ccnc4c3)c(=O)c3cc(OC(CF)CF)ccc32)CC1. The third kappa shape index (κ3) is 4.36. The number of benzene rings is 1. The van der Waals surface area contributed by atoms with Gasteiger partial charge in [-0.1, -0.05) is 0 Å². The standard InChI is InChI=1S/C25H25F2N5O4/c26-13-20(14-27)36-19-1-2-22-21(12-19)24(34)31(15-17-3-9-30-10-6-28-23(30)11-17)25(35)32(22)18-4-7-29(16-33)8-5-18/h1-3,6,9-12,16,18,20H,4-5,7-8,13-15H2. The van der Waals surface area contributed by atoms with Crippen LogP contribution in [-0.4, -0.2) is 62.4 Å². The van der Waals surface area contributed by atoms with Gasteiger partial charge in [0, 0.05) is 37.7 Å². The van der Waals surface area contributed by atoms with Crippen LogP contribution in [0.1, 0.15) is 24.4 Å². The van der Waals surface area contributed by atoms with Crippen LogP contribution in [0.3, 0.4) is 0 Å². The van der Waals surface area contributed by atoms with Gasteiger partial charge in [0.15, 0.2) is 6.10 Å². The summed E-state index contributed by atoms with van der Waals surface area (Å²) < 4.78 is 36.0. The minimum absolute atomic E-state index is 0.0207. The smallest absolute Gasteiger partial charge is 0.332 e. The predicted molar refractivity (Wildman–Crippen MR) is 129 cm³/mol. The van der Waals surface area contributed by atoms with Gasteiger partial charge < -0.3 is 14.0 Å². The average Bonchev–Trinajstić information content (AvgIpc) is 3.38. The Hall–Kier alpha value is -4.02. The van der Waals surface area contributed by atoms with Gasteiger partial charge in [0.2, 0.25) is 6.41 Å². The molecule has 1 amide bonds. The molecule has 0 radical (unpaired) electrons. The van der Waals surface area contributed by atoms with Gasteiger partial charge in [-0.25, -0.2) is 18.6 Å². The van der Waals surface area contributed by atoms with Gasteiger partial charge >= 0.3 is 5.69 Å². The highest BCUT2D eigenvalue weighted by molar-refractivity contribution is 5.80. The Balaban J connectivity index is 1.64. The van der Waals surface area contributed by atoms with Crippen LogP contribution in [-0.2, 0) is 11.3 Å². The number of likely N-dealkylation sites (tertiary alicyclic amines) is 1. The van der Waals surface area contributed by atoms with E-state index in [1.807, 2.05) is 10.5 Å². The Labute approximate surface area is 204 Å². The molecular weight excluding hydrogens is 472 g/mol. The number of carbonyl (C=O) groups excluding carboxylic acids is 1. The fourth-order valence-electron chi connectivity index (χ4n) is 4.71. The van der Waals surface area contributed by atoms with E-state index in [-0.39, 0.29) is 23.7 Å². The third-order valence-electron chi connectivity index (χ3n) is 6.60. The van der Waals surface area contributed by atoms with Crippen molar-refractivity contribution >= 4 is 23.0 Å². The van der Waals surface area contributed by atoms with E-state index in [0.717, 1.165) is 16.5 Å². The molecule has 1 saturated heterocycles. The van der Waals surface area contributed by atoms with E-state index in [1.54, 1.807) is 40.2 Å². The second-order valence-corrected chi connectivity index (χ2v) is 8.87. The number of hydrogen-bond acceptors (Lipinski definition) is 5. The molecule has 188 valence electrons. The molecule has 36 heavy (non-hydrogen) atoms. The van der Waals surface area contributed by atoms with Crippen molar-refractivity contribution in [2.24, 2.45) is 0 Å². The number of amides is 1. The monoisotopic (exact) mass is 497 g/mol. The zero-order valence-electron chi connectivity index (χ0n) is 19.4. The van der Waals surface area contributed by atoms with Crippen LogP contribution in [0.5, 0.6) is 5.75 Å². The molecule has 3 aromatic heterocycles. The van der Waals surface area contributed by atoms with E-state index in [9.17, 15) is 23.2 Å². The largest absolute Gasteiger partial charge is 0.485 e. The summed E-state index contributed by atoms with van der Waals surface area (Å²) in [6.07, 6.45) is 5.88. The van der Waals surface area contributed by atoms with Crippen LogP contribution in [0.25, 0.3) is 16.6 Å². The molecule has 9 nitrogen and oxygen atoms in total. The van der Waals surface area contributed by atoms with E-state index >= 15 is 0 Å². The molecule has 0 unspecified atom stereocenters. The Morgan fingerprint density at radius 2 is 1.86 bits per heavy atom. The number of fused-ring (bicyclic) bond motifs is 2. The van der Waals surface area contributed by atoms with Gasteiger partial charge in [0.1, 0.15) is 24.7 Å². The first-order valence-electron chi connectivity index (χ1n) is 11.7. The van der Waals surface area contributed by atoms with Crippen molar-refractivity contribution in [3.63, 3.8) is 0 Å². The average molecular weight is 498 g/mol. The Morgan fingerprint density at radius 1 is 1.08 bits per heavy atom. The third-order valence-corrected chi connectivity index (χ3v) is 6.60. The number of imidazole rings is 1. The molecule has 0 atom stereocenters. The second-order valence-electron chi connectivity index (χ2n) is 8.87. The van der Waals surface area contributed by atoms with Gasteiger partial charge in [-0.2, -0.15) is 0 Å². The molecule has 0 bridgehead atoms. The minimum Gasteiger partial charge on any atom is -0.485 e. The Bertz CT molecular complexity index is 1520. The van der Waals surface area contributed by atoms with Gasteiger partial charge in [-0.15, -0.1) is 0 Å². The maximum atomic E-state index is 13.7. The summed E-state index contributed by atoms with van der Waals surface area (Å²) in [7, 11) is 0. The molecule has 0 spiro atoms. The lowest BCUT2D eigenvalue weighted by molar-refractivity contribution is -0.119. The van der Waals surface area contributed by atoms with Crippen molar-refractivity contribution in [3.05, 3.63) is 75.3 Å². The molecule has 1 aliphatic rings. The number of hydrogen-bond donors (Lipinski definition) is 0. The fraction of sp³-hybridized carbons (Fsp3) is 0.360. The van der Waals surface area contributed by atoms with Crippen LogP contribution in [0.15, 0.2) is 58.5 Å². The van der Waals surface area contributed by atoms with E-state index in [2.05, 4.69) is 4.98 Å². The predicted octanol–water partition coefficient (Wildman–Crippen LogP) is 2.34. The zero-order chi connectivity index (χ0) is 25.2. The fourth-order valence-corrected chi connectivity index (χ4v) is 4.71. The highest BCUT2D eigenvalue weighted by Crippen LogP contribution is 2.26. The van der Waals surface area contributed by atoms with Gasteiger partial charge in [0.05, 0.1) is 17.4 Å². The summed E-state index contributed by atoms with van der Waals surface area (Å²) in [5, 5.41) is 0.211. The summed E-state index contributed by atoms with van der Waals surface area (Å²) in [5.41, 5.74) is 0.833. The van der Waals surface area contributed by atoms with Crippen LogP contribution in [0.4, 0.5) is 8.78 Å². The number of rotatable bonds is 8. The Kier molecular flexibility index (Phi) is 6.53. The van der Waals surface area contributed by atoms with Crippen molar-refractivity contribution < 1.29 is 18.3 Å². The lowest BCUT2D eigenvalue weighted by atomic mass is 10.0. The summed E-state index contributed by atoms with van der Waals surface area (Å²) >= 11 is 0. The van der Waals surface area contributed by atoms with Gasteiger partial charge in [-0.05, 0) is 48.7 Å². The van der Waals surface area contributed by atoms with Crippen molar-refractivity contribution in [1.82, 2.24) is 23.4 Å². The Morgan fingerprint density at radius 3 is 2.58 bits per heavy atom. The molecule has 5 rings (SSSR count). The first-order valence-corrected chi connectivity index (χ1v) is 11.7. The van der Waals surface area contributed by atoms with E-state index in [0.29, 0.717) is 37.1 Å². The zero-order valence-corrected chi connectivity index (χ0v) is 19.4. The number of alkyl halides is 2. The minimum atomic E-state index is -1.27. The lowest BCUT2D eigenvalue weighted by Crippen LogP contribution is -2.44. The van der Waals surface area contributed by atoms with Crippen molar-refractivity contribution in [3.8, 4) is 5.75 Å². The number of nitrogens with zero attached hydrogens (tertiary/aromatic N) is 5. The molecule has 4 heterocycles.